The van der Waals surface area contributed by atoms with Gasteiger partial charge in [0.25, 0.3) is 0 Å². The third-order valence-electron chi connectivity index (χ3n) is 2.12. The van der Waals surface area contributed by atoms with E-state index in [2.05, 4.69) is 10.1 Å². The molecule has 0 N–H and O–H groups in total. The van der Waals surface area contributed by atoms with Crippen LogP contribution in [0.4, 0.5) is 0 Å². The minimum atomic E-state index is 0.971. The van der Waals surface area contributed by atoms with Crippen molar-refractivity contribution in [3.05, 3.63) is 42.7 Å². The Bertz CT molecular complexity index is 568. The second-order valence-corrected chi connectivity index (χ2v) is 2.91. The van der Waals surface area contributed by atoms with Crippen molar-refractivity contribution < 1.29 is 0 Å². The largest absolute Gasteiger partial charge is 0.252 e. The summed E-state index contributed by atoms with van der Waals surface area (Å²) in [7, 11) is 0. The molecule has 0 aliphatic carbocycles. The Morgan fingerprint density at radius 2 is 2.00 bits per heavy atom. The molecule has 0 amide bonds. The fraction of sp³-hybridized carbons (Fsp3) is 0. The second-order valence-electron chi connectivity index (χ2n) is 2.91. The lowest BCUT2D eigenvalue weighted by Crippen LogP contribution is -1.90. The Kier molecular flexibility index (Phi) is 1.16. The first kappa shape index (κ1) is 6.60. The van der Waals surface area contributed by atoms with Crippen molar-refractivity contribution in [2.75, 3.05) is 0 Å². The Morgan fingerprint density at radius 1 is 1.08 bits per heavy atom. The van der Waals surface area contributed by atoms with E-state index in [1.807, 2.05) is 41.0 Å². The molecule has 2 aromatic heterocycles. The average Bonchev–Trinajstić information content (AvgIpc) is 2.65. The van der Waals surface area contributed by atoms with Crippen LogP contribution >= 0.6 is 0 Å². The van der Waals surface area contributed by atoms with E-state index < -0.39 is 0 Å². The standard InChI is InChI=1S/C10H7N3/c1-2-4-10-9(3-1)11-7-8-5-6-12-13(8)10/h1-7H. The van der Waals surface area contributed by atoms with Gasteiger partial charge < -0.3 is 0 Å². The Labute approximate surface area is 74.6 Å². The molecule has 0 saturated carbocycles. The van der Waals surface area contributed by atoms with Gasteiger partial charge in [-0.2, -0.15) is 5.10 Å². The summed E-state index contributed by atoms with van der Waals surface area (Å²) in [4.78, 5) is 4.32. The number of fused-ring (bicyclic) bond motifs is 3. The molecular weight excluding hydrogens is 162 g/mol. The van der Waals surface area contributed by atoms with E-state index in [1.165, 1.54) is 0 Å². The van der Waals surface area contributed by atoms with Crippen LogP contribution in [0.2, 0.25) is 0 Å². The Balaban J connectivity index is 2.65. The molecule has 0 bridgehead atoms. The summed E-state index contributed by atoms with van der Waals surface area (Å²) >= 11 is 0. The first-order chi connectivity index (χ1) is 6.45. The van der Waals surface area contributed by atoms with Crippen molar-refractivity contribution in [3.8, 4) is 0 Å². The molecule has 1 aromatic carbocycles. The van der Waals surface area contributed by atoms with Gasteiger partial charge >= 0.3 is 0 Å². The molecule has 0 aliphatic heterocycles. The lowest BCUT2D eigenvalue weighted by atomic mass is 10.3. The van der Waals surface area contributed by atoms with Gasteiger partial charge in [-0.25, -0.2) is 4.52 Å². The van der Waals surface area contributed by atoms with Crippen molar-refractivity contribution in [3.63, 3.8) is 0 Å². The topological polar surface area (TPSA) is 30.2 Å². The maximum atomic E-state index is 4.32. The summed E-state index contributed by atoms with van der Waals surface area (Å²) < 4.78 is 1.89. The van der Waals surface area contributed by atoms with Crippen molar-refractivity contribution in [2.24, 2.45) is 0 Å². The van der Waals surface area contributed by atoms with Crippen LogP contribution in [0.3, 0.4) is 0 Å². The summed E-state index contributed by atoms with van der Waals surface area (Å²) in [5.41, 5.74) is 3.04. The first-order valence-corrected chi connectivity index (χ1v) is 4.13. The molecule has 0 spiro atoms. The van der Waals surface area contributed by atoms with Crippen LogP contribution in [0.5, 0.6) is 0 Å². The van der Waals surface area contributed by atoms with Gasteiger partial charge in [0.15, 0.2) is 0 Å². The minimum absolute atomic E-state index is 0.971. The van der Waals surface area contributed by atoms with E-state index in [9.17, 15) is 0 Å². The fourth-order valence-electron chi connectivity index (χ4n) is 1.50. The molecule has 13 heavy (non-hydrogen) atoms. The molecule has 0 unspecified atom stereocenters. The van der Waals surface area contributed by atoms with Crippen LogP contribution in [0.25, 0.3) is 16.6 Å². The molecule has 0 saturated heterocycles. The maximum Gasteiger partial charge on any atom is 0.0909 e. The molecule has 0 atom stereocenters. The summed E-state index contributed by atoms with van der Waals surface area (Å²) in [6.07, 6.45) is 3.61. The van der Waals surface area contributed by atoms with Crippen LogP contribution in [0, 0.1) is 0 Å². The third-order valence-corrected chi connectivity index (χ3v) is 2.12. The number of para-hydroxylation sites is 2. The molecular formula is C10H7N3. The molecule has 3 nitrogen and oxygen atoms in total. The minimum Gasteiger partial charge on any atom is -0.252 e. The highest BCUT2D eigenvalue weighted by Crippen LogP contribution is 2.12. The van der Waals surface area contributed by atoms with Gasteiger partial charge in [0.05, 0.1) is 28.9 Å². The first-order valence-electron chi connectivity index (χ1n) is 4.13. The highest BCUT2D eigenvalue weighted by molar-refractivity contribution is 5.77. The zero-order valence-electron chi connectivity index (χ0n) is 6.88. The van der Waals surface area contributed by atoms with Crippen molar-refractivity contribution in [1.29, 1.82) is 0 Å². The Morgan fingerprint density at radius 3 is 3.00 bits per heavy atom. The molecule has 3 aromatic rings. The zero-order valence-corrected chi connectivity index (χ0v) is 6.88. The van der Waals surface area contributed by atoms with Crippen LogP contribution in [-0.4, -0.2) is 14.6 Å². The predicted octanol–water partition coefficient (Wildman–Crippen LogP) is 1.88. The molecule has 3 rings (SSSR count). The maximum absolute atomic E-state index is 4.32. The zero-order chi connectivity index (χ0) is 8.67. The van der Waals surface area contributed by atoms with Crippen molar-refractivity contribution >= 4 is 16.6 Å². The van der Waals surface area contributed by atoms with Crippen LogP contribution in [0.15, 0.2) is 42.7 Å². The van der Waals surface area contributed by atoms with Crippen molar-refractivity contribution in [1.82, 2.24) is 14.6 Å². The normalized spacial score (nSPS) is 11.1. The van der Waals surface area contributed by atoms with Gasteiger partial charge in [-0.05, 0) is 18.2 Å². The van der Waals surface area contributed by atoms with E-state index in [1.54, 1.807) is 6.20 Å². The van der Waals surface area contributed by atoms with E-state index in [4.69, 9.17) is 0 Å². The summed E-state index contributed by atoms with van der Waals surface area (Å²) in [5, 5.41) is 4.22. The second kappa shape index (κ2) is 2.29. The number of rotatable bonds is 0. The van der Waals surface area contributed by atoms with E-state index >= 15 is 0 Å². The number of hydrogen-bond acceptors (Lipinski definition) is 2. The lowest BCUT2D eigenvalue weighted by Gasteiger charge is -1.98. The monoisotopic (exact) mass is 169 g/mol. The van der Waals surface area contributed by atoms with Crippen molar-refractivity contribution in [2.45, 2.75) is 0 Å². The number of nitrogens with zero attached hydrogens (tertiary/aromatic N) is 3. The molecule has 0 aliphatic rings. The SMILES string of the molecule is c1ccc2c(c1)ncc1ccnn12. The highest BCUT2D eigenvalue weighted by atomic mass is 15.2. The lowest BCUT2D eigenvalue weighted by molar-refractivity contribution is 0.995. The van der Waals surface area contributed by atoms with E-state index in [0.29, 0.717) is 0 Å². The van der Waals surface area contributed by atoms with E-state index in [-0.39, 0.29) is 0 Å². The quantitative estimate of drug-likeness (QED) is 0.514. The number of aromatic nitrogens is 3. The van der Waals surface area contributed by atoms with Gasteiger partial charge in [-0.3, -0.25) is 4.98 Å². The van der Waals surface area contributed by atoms with Gasteiger partial charge in [0.1, 0.15) is 0 Å². The number of hydrogen-bond donors (Lipinski definition) is 0. The van der Waals surface area contributed by atoms with Gasteiger partial charge in [-0.1, -0.05) is 12.1 Å². The summed E-state index contributed by atoms with van der Waals surface area (Å²) in [5.74, 6) is 0. The van der Waals surface area contributed by atoms with Crippen LogP contribution in [-0.2, 0) is 0 Å². The van der Waals surface area contributed by atoms with Gasteiger partial charge in [0.2, 0.25) is 0 Å². The van der Waals surface area contributed by atoms with Crippen LogP contribution < -0.4 is 0 Å². The molecule has 0 radical (unpaired) electrons. The third kappa shape index (κ3) is 0.839. The average molecular weight is 169 g/mol. The summed E-state index contributed by atoms with van der Waals surface area (Å²) in [6, 6.07) is 9.91. The van der Waals surface area contributed by atoms with E-state index in [0.717, 1.165) is 16.6 Å². The molecule has 62 valence electrons. The molecule has 0 fully saturated rings. The highest BCUT2D eigenvalue weighted by Gasteiger charge is 1.98. The predicted molar refractivity (Wildman–Crippen MR) is 50.5 cm³/mol. The number of benzene rings is 1. The van der Waals surface area contributed by atoms with Gasteiger partial charge in [-0.15, -0.1) is 0 Å². The van der Waals surface area contributed by atoms with Crippen LogP contribution in [0.1, 0.15) is 0 Å². The fourth-order valence-corrected chi connectivity index (χ4v) is 1.50. The smallest absolute Gasteiger partial charge is 0.0909 e. The van der Waals surface area contributed by atoms with Gasteiger partial charge in [0, 0.05) is 0 Å². The molecule has 2 heterocycles. The summed E-state index contributed by atoms with van der Waals surface area (Å²) in [6.45, 7) is 0. The Hall–Kier alpha value is -1.90. The molecule has 3 heteroatoms.